The lowest BCUT2D eigenvalue weighted by Gasteiger charge is -2.12. The molecule has 0 saturated carbocycles. The molecule has 0 N–H and O–H groups in total. The second-order valence-corrected chi connectivity index (χ2v) is 7.12. The first kappa shape index (κ1) is 16.7. The average Bonchev–Trinajstić information content (AvgIpc) is 3.01. The number of alkyl halides is 3. The molecule has 0 heterocycles. The normalized spacial score (nSPS) is 12.4. The molecule has 3 aromatic carbocycles. The molecular formula is C21H12F3NS. The molecule has 0 spiro atoms. The Morgan fingerprint density at radius 1 is 0.885 bits per heavy atom. The molecule has 0 amide bonds. The molecule has 1 nitrogen and oxygen atoms in total. The molecule has 0 saturated heterocycles. The predicted octanol–water partition coefficient (Wildman–Crippen LogP) is 6.30. The van der Waals surface area contributed by atoms with E-state index in [1.807, 2.05) is 36.4 Å². The van der Waals surface area contributed by atoms with Crippen molar-refractivity contribution in [2.45, 2.75) is 22.4 Å². The fraction of sp³-hybridized carbons (Fsp3) is 0.0952. The molecule has 0 fully saturated rings. The molecule has 0 bridgehead atoms. The highest BCUT2D eigenvalue weighted by atomic mass is 32.2. The van der Waals surface area contributed by atoms with E-state index in [0.717, 1.165) is 40.1 Å². The number of nitrogens with zero attached hydrogens (tertiary/aromatic N) is 1. The third-order valence-corrected chi connectivity index (χ3v) is 5.62. The van der Waals surface area contributed by atoms with Crippen molar-refractivity contribution in [3.8, 4) is 17.2 Å². The number of nitriles is 1. The summed E-state index contributed by atoms with van der Waals surface area (Å²) >= 11 is 1.22. The molecule has 5 heteroatoms. The van der Waals surface area contributed by atoms with E-state index in [0.29, 0.717) is 4.90 Å². The van der Waals surface area contributed by atoms with Crippen LogP contribution in [0.1, 0.15) is 22.3 Å². The van der Waals surface area contributed by atoms with Crippen LogP contribution in [0.3, 0.4) is 0 Å². The molecule has 26 heavy (non-hydrogen) atoms. The summed E-state index contributed by atoms with van der Waals surface area (Å²) < 4.78 is 39.1. The van der Waals surface area contributed by atoms with Crippen LogP contribution < -0.4 is 0 Å². The third-order valence-electron chi connectivity index (χ3n) is 4.46. The van der Waals surface area contributed by atoms with Gasteiger partial charge in [-0.15, -0.1) is 0 Å². The van der Waals surface area contributed by atoms with Crippen LogP contribution in [0, 0.1) is 11.3 Å². The highest BCUT2D eigenvalue weighted by Crippen LogP contribution is 2.44. The van der Waals surface area contributed by atoms with Crippen molar-refractivity contribution in [3.05, 3.63) is 82.9 Å². The minimum absolute atomic E-state index is 0.246. The standard InChI is InChI=1S/C21H12F3NS/c22-21(23,24)15-9-8-14(12-25)20(11-15)26-19-7-3-6-17-16-5-2-1-4-13(16)10-18(17)19/h1-9,11H,10H2. The van der Waals surface area contributed by atoms with E-state index in [2.05, 4.69) is 12.1 Å². The summed E-state index contributed by atoms with van der Waals surface area (Å²) in [5.74, 6) is 0. The van der Waals surface area contributed by atoms with Crippen molar-refractivity contribution < 1.29 is 13.2 Å². The first-order chi connectivity index (χ1) is 12.5. The molecule has 1 aliphatic rings. The second kappa shape index (κ2) is 6.22. The maximum Gasteiger partial charge on any atom is 0.416 e. The fourth-order valence-corrected chi connectivity index (χ4v) is 4.32. The highest BCUT2D eigenvalue weighted by Gasteiger charge is 2.31. The Hall–Kier alpha value is -2.71. The number of rotatable bonds is 2. The molecule has 4 rings (SSSR count). The Labute approximate surface area is 153 Å². The van der Waals surface area contributed by atoms with Gasteiger partial charge in [-0.1, -0.05) is 48.2 Å². The first-order valence-electron chi connectivity index (χ1n) is 7.97. The average molecular weight is 367 g/mol. The van der Waals surface area contributed by atoms with E-state index in [9.17, 15) is 18.4 Å². The van der Waals surface area contributed by atoms with Gasteiger partial charge in [0.25, 0.3) is 0 Å². The Morgan fingerprint density at radius 2 is 1.65 bits per heavy atom. The lowest BCUT2D eigenvalue weighted by molar-refractivity contribution is -0.137. The maximum absolute atomic E-state index is 13.0. The van der Waals surface area contributed by atoms with E-state index < -0.39 is 11.7 Å². The largest absolute Gasteiger partial charge is 0.416 e. The van der Waals surface area contributed by atoms with Crippen molar-refractivity contribution in [2.75, 3.05) is 0 Å². The Bertz CT molecular complexity index is 1050. The number of hydrogen-bond acceptors (Lipinski definition) is 2. The minimum atomic E-state index is -4.43. The van der Waals surface area contributed by atoms with Crippen LogP contribution in [0.25, 0.3) is 11.1 Å². The number of halogens is 3. The zero-order valence-electron chi connectivity index (χ0n) is 13.5. The fourth-order valence-electron chi connectivity index (χ4n) is 3.22. The number of fused-ring (bicyclic) bond motifs is 3. The molecule has 3 aromatic rings. The Morgan fingerprint density at radius 3 is 2.42 bits per heavy atom. The summed E-state index contributed by atoms with van der Waals surface area (Å²) in [6.07, 6.45) is -3.69. The second-order valence-electron chi connectivity index (χ2n) is 6.04. The Kier molecular flexibility index (Phi) is 4.01. The molecule has 128 valence electrons. The van der Waals surface area contributed by atoms with Gasteiger partial charge in [0, 0.05) is 9.79 Å². The zero-order chi connectivity index (χ0) is 18.3. The molecule has 0 radical (unpaired) electrons. The van der Waals surface area contributed by atoms with Gasteiger partial charge in [-0.25, -0.2) is 0 Å². The van der Waals surface area contributed by atoms with Gasteiger partial charge in [0.1, 0.15) is 6.07 Å². The SMILES string of the molecule is N#Cc1ccc(C(F)(F)F)cc1Sc1cccc2c1Cc1ccccc1-2. The van der Waals surface area contributed by atoms with Gasteiger partial charge in [-0.3, -0.25) is 0 Å². The lowest BCUT2D eigenvalue weighted by atomic mass is 10.1. The van der Waals surface area contributed by atoms with E-state index >= 15 is 0 Å². The molecule has 0 aliphatic heterocycles. The quantitative estimate of drug-likeness (QED) is 0.415. The number of benzene rings is 3. The topological polar surface area (TPSA) is 23.8 Å². The van der Waals surface area contributed by atoms with E-state index in [1.165, 1.54) is 23.4 Å². The van der Waals surface area contributed by atoms with Crippen molar-refractivity contribution in [3.63, 3.8) is 0 Å². The van der Waals surface area contributed by atoms with Crippen LogP contribution in [0.15, 0.2) is 70.5 Å². The molecule has 0 atom stereocenters. The van der Waals surface area contributed by atoms with Gasteiger partial charge in [0.15, 0.2) is 0 Å². The van der Waals surface area contributed by atoms with Gasteiger partial charge in [0.05, 0.1) is 11.1 Å². The van der Waals surface area contributed by atoms with E-state index in [4.69, 9.17) is 0 Å². The van der Waals surface area contributed by atoms with Gasteiger partial charge in [-0.2, -0.15) is 18.4 Å². The van der Waals surface area contributed by atoms with E-state index in [1.54, 1.807) is 0 Å². The van der Waals surface area contributed by atoms with Crippen molar-refractivity contribution in [1.29, 1.82) is 5.26 Å². The van der Waals surface area contributed by atoms with Gasteiger partial charge in [-0.05, 0) is 52.9 Å². The van der Waals surface area contributed by atoms with Gasteiger partial charge >= 0.3 is 6.18 Å². The molecule has 0 unspecified atom stereocenters. The van der Waals surface area contributed by atoms with Crippen molar-refractivity contribution in [2.24, 2.45) is 0 Å². The van der Waals surface area contributed by atoms with Gasteiger partial charge < -0.3 is 0 Å². The van der Waals surface area contributed by atoms with Crippen molar-refractivity contribution in [1.82, 2.24) is 0 Å². The van der Waals surface area contributed by atoms with Crippen LogP contribution in [-0.4, -0.2) is 0 Å². The lowest BCUT2D eigenvalue weighted by Crippen LogP contribution is -2.05. The Balaban J connectivity index is 1.77. The number of hydrogen-bond donors (Lipinski definition) is 0. The first-order valence-corrected chi connectivity index (χ1v) is 8.78. The predicted molar refractivity (Wildman–Crippen MR) is 95.0 cm³/mol. The minimum Gasteiger partial charge on any atom is -0.192 e. The summed E-state index contributed by atoms with van der Waals surface area (Å²) in [6.45, 7) is 0. The molecule has 1 aliphatic carbocycles. The summed E-state index contributed by atoms with van der Waals surface area (Å²) in [4.78, 5) is 1.21. The molecule has 0 aromatic heterocycles. The summed E-state index contributed by atoms with van der Waals surface area (Å²) in [5, 5.41) is 9.28. The van der Waals surface area contributed by atoms with Gasteiger partial charge in [0.2, 0.25) is 0 Å². The summed E-state index contributed by atoms with van der Waals surface area (Å²) in [7, 11) is 0. The van der Waals surface area contributed by atoms with Crippen molar-refractivity contribution >= 4 is 11.8 Å². The third kappa shape index (κ3) is 2.87. The molecular weight excluding hydrogens is 355 g/mol. The zero-order valence-corrected chi connectivity index (χ0v) is 14.3. The summed E-state index contributed by atoms with van der Waals surface area (Å²) in [5.41, 5.74) is 4.08. The van der Waals surface area contributed by atoms with Crippen LogP contribution in [-0.2, 0) is 12.6 Å². The highest BCUT2D eigenvalue weighted by molar-refractivity contribution is 7.99. The maximum atomic E-state index is 13.0. The van der Waals surface area contributed by atoms with E-state index in [-0.39, 0.29) is 5.56 Å². The van der Waals surface area contributed by atoms with Crippen LogP contribution >= 0.6 is 11.8 Å². The van der Waals surface area contributed by atoms with Crippen LogP contribution in [0.4, 0.5) is 13.2 Å². The monoisotopic (exact) mass is 367 g/mol. The summed E-state index contributed by atoms with van der Waals surface area (Å²) in [6, 6.07) is 19.2. The van der Waals surface area contributed by atoms with Crippen LogP contribution in [0.5, 0.6) is 0 Å². The van der Waals surface area contributed by atoms with Crippen LogP contribution in [0.2, 0.25) is 0 Å². The smallest absolute Gasteiger partial charge is 0.192 e.